The molecular weight excluding hydrogens is 240 g/mol. The van der Waals surface area contributed by atoms with Gasteiger partial charge in [-0.1, -0.05) is 13.8 Å². The fourth-order valence-corrected chi connectivity index (χ4v) is 2.79. The maximum Gasteiger partial charge on any atom is 0.274 e. The molecule has 2 heterocycles. The Morgan fingerprint density at radius 1 is 1.47 bits per heavy atom. The third kappa shape index (κ3) is 2.74. The van der Waals surface area contributed by atoms with Crippen molar-refractivity contribution in [3.8, 4) is 0 Å². The van der Waals surface area contributed by atoms with Gasteiger partial charge in [0.15, 0.2) is 0 Å². The van der Waals surface area contributed by atoms with Gasteiger partial charge in [0, 0.05) is 19.6 Å². The van der Waals surface area contributed by atoms with Crippen molar-refractivity contribution in [2.24, 2.45) is 11.8 Å². The number of nitrogen functional groups attached to an aromatic ring is 1. The summed E-state index contributed by atoms with van der Waals surface area (Å²) >= 11 is 0. The molecule has 2 N–H and O–H groups in total. The summed E-state index contributed by atoms with van der Waals surface area (Å²) in [6.07, 6.45) is 3.74. The summed E-state index contributed by atoms with van der Waals surface area (Å²) in [5.74, 6) is 1.46. The number of anilines is 1. The number of hydrogen-bond donors (Lipinski definition) is 1. The highest BCUT2D eigenvalue weighted by molar-refractivity contribution is 5.97. The second-order valence-corrected chi connectivity index (χ2v) is 5.64. The average Bonchev–Trinajstić information content (AvgIpc) is 2.79. The van der Waals surface area contributed by atoms with Crippen LogP contribution in [0.4, 0.5) is 5.69 Å². The summed E-state index contributed by atoms with van der Waals surface area (Å²) in [6, 6.07) is 0. The van der Waals surface area contributed by atoms with Crippen molar-refractivity contribution < 1.29 is 4.79 Å². The molecule has 1 aromatic heterocycles. The number of likely N-dealkylation sites (tertiary alicyclic amines) is 1. The van der Waals surface area contributed by atoms with E-state index < -0.39 is 0 Å². The molecule has 106 valence electrons. The molecule has 1 saturated heterocycles. The van der Waals surface area contributed by atoms with E-state index in [1.54, 1.807) is 10.9 Å². The Morgan fingerprint density at radius 2 is 2.11 bits per heavy atom. The molecule has 19 heavy (non-hydrogen) atoms. The SMILES string of the molecule is CCn1ncc(N)c1C(=O)N1CCC(C(C)C)CC1. The number of carbonyl (C=O) groups is 1. The summed E-state index contributed by atoms with van der Waals surface area (Å²) in [5, 5.41) is 4.14. The molecule has 0 bridgehead atoms. The van der Waals surface area contributed by atoms with Gasteiger partial charge in [0.25, 0.3) is 5.91 Å². The Balaban J connectivity index is 2.07. The van der Waals surface area contributed by atoms with Gasteiger partial charge in [-0.25, -0.2) is 0 Å². The standard InChI is InChI=1S/C14H24N4O/c1-4-18-13(12(15)9-16-18)14(19)17-7-5-11(6-8-17)10(2)3/h9-11H,4-8,15H2,1-3H3. The molecule has 5 nitrogen and oxygen atoms in total. The van der Waals surface area contributed by atoms with Gasteiger partial charge in [-0.2, -0.15) is 5.10 Å². The van der Waals surface area contributed by atoms with E-state index in [9.17, 15) is 4.79 Å². The molecule has 1 aromatic rings. The van der Waals surface area contributed by atoms with Gasteiger partial charge < -0.3 is 10.6 Å². The summed E-state index contributed by atoms with van der Waals surface area (Å²) in [4.78, 5) is 14.4. The van der Waals surface area contributed by atoms with Crippen LogP contribution in [0.3, 0.4) is 0 Å². The molecule has 0 aromatic carbocycles. The van der Waals surface area contributed by atoms with Crippen LogP contribution in [0.5, 0.6) is 0 Å². The minimum Gasteiger partial charge on any atom is -0.396 e. The molecule has 5 heteroatoms. The number of aryl methyl sites for hydroxylation is 1. The van der Waals surface area contributed by atoms with E-state index in [4.69, 9.17) is 5.73 Å². The smallest absolute Gasteiger partial charge is 0.274 e. The minimum atomic E-state index is 0.0269. The first-order valence-electron chi connectivity index (χ1n) is 7.15. The summed E-state index contributed by atoms with van der Waals surface area (Å²) in [7, 11) is 0. The van der Waals surface area contributed by atoms with Crippen LogP contribution < -0.4 is 5.73 Å². The van der Waals surface area contributed by atoms with E-state index in [2.05, 4.69) is 18.9 Å². The van der Waals surface area contributed by atoms with Gasteiger partial charge in [0.05, 0.1) is 11.9 Å². The third-order valence-electron chi connectivity index (χ3n) is 4.14. The highest BCUT2D eigenvalue weighted by atomic mass is 16.2. The van der Waals surface area contributed by atoms with Crippen LogP contribution in [0.1, 0.15) is 44.1 Å². The lowest BCUT2D eigenvalue weighted by Crippen LogP contribution is -2.40. The van der Waals surface area contributed by atoms with Crippen LogP contribution in [0.2, 0.25) is 0 Å². The van der Waals surface area contributed by atoms with Crippen molar-refractivity contribution in [2.45, 2.75) is 40.2 Å². The molecule has 1 aliphatic rings. The third-order valence-corrected chi connectivity index (χ3v) is 4.14. The summed E-state index contributed by atoms with van der Waals surface area (Å²) in [6.45, 7) is 8.81. The molecular formula is C14H24N4O. The molecule has 0 radical (unpaired) electrons. The van der Waals surface area contributed by atoms with Crippen LogP contribution in [0.25, 0.3) is 0 Å². The predicted octanol–water partition coefficient (Wildman–Crippen LogP) is 1.99. The molecule has 0 atom stereocenters. The van der Waals surface area contributed by atoms with E-state index in [0.717, 1.165) is 31.8 Å². The lowest BCUT2D eigenvalue weighted by molar-refractivity contribution is 0.0656. The number of rotatable bonds is 3. The number of aromatic nitrogens is 2. The molecule has 1 fully saturated rings. The van der Waals surface area contributed by atoms with Crippen molar-refractivity contribution in [2.75, 3.05) is 18.8 Å². The maximum atomic E-state index is 12.5. The zero-order valence-corrected chi connectivity index (χ0v) is 12.1. The first-order valence-corrected chi connectivity index (χ1v) is 7.15. The summed E-state index contributed by atoms with van der Waals surface area (Å²) < 4.78 is 1.69. The first-order chi connectivity index (χ1) is 9.04. The largest absolute Gasteiger partial charge is 0.396 e. The molecule has 2 rings (SSSR count). The van der Waals surface area contributed by atoms with E-state index in [1.165, 1.54) is 0 Å². The highest BCUT2D eigenvalue weighted by Crippen LogP contribution is 2.26. The molecule has 0 aliphatic carbocycles. The van der Waals surface area contributed by atoms with Crippen molar-refractivity contribution in [3.63, 3.8) is 0 Å². The number of amides is 1. The summed E-state index contributed by atoms with van der Waals surface area (Å²) in [5.41, 5.74) is 6.90. The lowest BCUT2D eigenvalue weighted by Gasteiger charge is -2.34. The van der Waals surface area contributed by atoms with Crippen LogP contribution in [-0.2, 0) is 6.54 Å². The van der Waals surface area contributed by atoms with Crippen molar-refractivity contribution in [1.82, 2.24) is 14.7 Å². The van der Waals surface area contributed by atoms with Crippen LogP contribution in [0, 0.1) is 11.8 Å². The second-order valence-electron chi connectivity index (χ2n) is 5.64. The second kappa shape index (κ2) is 5.63. The van der Waals surface area contributed by atoms with Crippen LogP contribution in [-0.4, -0.2) is 33.7 Å². The number of nitrogens with zero attached hydrogens (tertiary/aromatic N) is 3. The van der Waals surface area contributed by atoms with Gasteiger partial charge in [0.1, 0.15) is 5.69 Å². The van der Waals surface area contributed by atoms with E-state index in [0.29, 0.717) is 23.8 Å². The lowest BCUT2D eigenvalue weighted by atomic mass is 9.86. The fourth-order valence-electron chi connectivity index (χ4n) is 2.79. The first kappa shape index (κ1) is 13.9. The molecule has 1 aliphatic heterocycles. The van der Waals surface area contributed by atoms with Gasteiger partial charge in [0.2, 0.25) is 0 Å². The van der Waals surface area contributed by atoms with E-state index in [1.807, 2.05) is 11.8 Å². The number of carbonyl (C=O) groups excluding carboxylic acids is 1. The Labute approximate surface area is 114 Å². The number of nitrogens with two attached hydrogens (primary N) is 1. The zero-order valence-electron chi connectivity index (χ0n) is 12.1. The molecule has 0 saturated carbocycles. The van der Waals surface area contributed by atoms with Gasteiger partial charge in [-0.05, 0) is 31.6 Å². The zero-order chi connectivity index (χ0) is 14.0. The van der Waals surface area contributed by atoms with Gasteiger partial charge in [-0.3, -0.25) is 9.48 Å². The Bertz CT molecular complexity index is 444. The average molecular weight is 264 g/mol. The Hall–Kier alpha value is -1.52. The van der Waals surface area contributed by atoms with Crippen molar-refractivity contribution in [1.29, 1.82) is 0 Å². The highest BCUT2D eigenvalue weighted by Gasteiger charge is 2.28. The van der Waals surface area contributed by atoms with E-state index in [-0.39, 0.29) is 5.91 Å². The minimum absolute atomic E-state index is 0.0269. The van der Waals surface area contributed by atoms with Gasteiger partial charge in [-0.15, -0.1) is 0 Å². The fraction of sp³-hybridized carbons (Fsp3) is 0.714. The number of hydrogen-bond acceptors (Lipinski definition) is 3. The van der Waals surface area contributed by atoms with E-state index >= 15 is 0 Å². The Kier molecular flexibility index (Phi) is 4.12. The van der Waals surface area contributed by atoms with Crippen LogP contribution in [0.15, 0.2) is 6.20 Å². The molecule has 0 spiro atoms. The maximum absolute atomic E-state index is 12.5. The molecule has 1 amide bonds. The topological polar surface area (TPSA) is 64.2 Å². The van der Waals surface area contributed by atoms with Crippen LogP contribution >= 0.6 is 0 Å². The normalized spacial score (nSPS) is 17.2. The van der Waals surface area contributed by atoms with Crippen molar-refractivity contribution >= 4 is 11.6 Å². The number of piperidine rings is 1. The predicted molar refractivity (Wildman–Crippen MR) is 75.8 cm³/mol. The van der Waals surface area contributed by atoms with Crippen molar-refractivity contribution in [3.05, 3.63) is 11.9 Å². The Morgan fingerprint density at radius 3 is 2.63 bits per heavy atom. The molecule has 0 unspecified atom stereocenters. The van der Waals surface area contributed by atoms with Gasteiger partial charge >= 0.3 is 0 Å². The quantitative estimate of drug-likeness (QED) is 0.908. The monoisotopic (exact) mass is 264 g/mol.